The van der Waals surface area contributed by atoms with E-state index < -0.39 is 0 Å². The van der Waals surface area contributed by atoms with Crippen LogP contribution in [0.1, 0.15) is 61.8 Å². The third-order valence-corrected chi connectivity index (χ3v) is 6.93. The molecule has 0 amide bonds. The standard InChI is InChI=1S/C21H23Br2/c1-3-5-10-16-17(11-6-4-2)20(22)21(23)19-15-12-8-7-9-14(15)13-18(16)19/h7-9,12-13H,3-6,10-11H2,1-2H3. The van der Waals surface area contributed by atoms with Gasteiger partial charge in [0.15, 0.2) is 0 Å². The van der Waals surface area contributed by atoms with E-state index in [1.807, 2.05) is 0 Å². The molecule has 0 nitrogen and oxygen atoms in total. The number of fused-ring (bicyclic) bond motifs is 3. The molecule has 23 heavy (non-hydrogen) atoms. The van der Waals surface area contributed by atoms with Gasteiger partial charge in [-0.25, -0.2) is 0 Å². The van der Waals surface area contributed by atoms with Gasteiger partial charge in [-0.05, 0) is 85.4 Å². The Balaban J connectivity index is 2.18. The van der Waals surface area contributed by atoms with Crippen molar-refractivity contribution >= 4 is 31.9 Å². The predicted molar refractivity (Wildman–Crippen MR) is 107 cm³/mol. The molecule has 0 spiro atoms. The Hall–Kier alpha value is -0.600. The molecule has 0 atom stereocenters. The molecule has 0 fully saturated rings. The van der Waals surface area contributed by atoms with Gasteiger partial charge in [0, 0.05) is 20.9 Å². The lowest BCUT2D eigenvalue weighted by Gasteiger charge is -2.19. The van der Waals surface area contributed by atoms with Gasteiger partial charge >= 0.3 is 0 Å². The Morgan fingerprint density at radius 3 is 2.17 bits per heavy atom. The highest BCUT2D eigenvalue weighted by Gasteiger charge is 2.27. The summed E-state index contributed by atoms with van der Waals surface area (Å²) in [7, 11) is 0. The lowest BCUT2D eigenvalue weighted by molar-refractivity contribution is 0.753. The number of hydrogen-bond acceptors (Lipinski definition) is 0. The smallest absolute Gasteiger partial charge is 0.0401 e. The molecule has 1 aliphatic rings. The van der Waals surface area contributed by atoms with E-state index in [4.69, 9.17) is 0 Å². The molecule has 2 aromatic carbocycles. The molecular weight excluding hydrogens is 412 g/mol. The summed E-state index contributed by atoms with van der Waals surface area (Å²) in [5.74, 6) is 0. The number of rotatable bonds is 6. The highest BCUT2D eigenvalue weighted by Crippen LogP contribution is 2.49. The van der Waals surface area contributed by atoms with Crippen molar-refractivity contribution in [1.82, 2.24) is 0 Å². The van der Waals surface area contributed by atoms with E-state index >= 15 is 0 Å². The third-order valence-electron chi connectivity index (χ3n) is 4.73. The Morgan fingerprint density at radius 1 is 0.826 bits per heavy atom. The zero-order valence-electron chi connectivity index (χ0n) is 13.9. The van der Waals surface area contributed by atoms with Crippen LogP contribution in [0.4, 0.5) is 0 Å². The van der Waals surface area contributed by atoms with Crippen LogP contribution in [0, 0.1) is 6.42 Å². The number of unbranched alkanes of at least 4 members (excludes halogenated alkanes) is 2. The summed E-state index contributed by atoms with van der Waals surface area (Å²) < 4.78 is 2.49. The van der Waals surface area contributed by atoms with Crippen molar-refractivity contribution in [1.29, 1.82) is 0 Å². The van der Waals surface area contributed by atoms with Crippen LogP contribution in [0.3, 0.4) is 0 Å². The maximum Gasteiger partial charge on any atom is 0.0401 e. The second kappa shape index (κ2) is 7.53. The molecule has 0 bridgehead atoms. The first-order valence-corrected chi connectivity index (χ1v) is 10.2. The zero-order valence-corrected chi connectivity index (χ0v) is 17.1. The fourth-order valence-corrected chi connectivity index (χ4v) is 4.79. The monoisotopic (exact) mass is 433 g/mol. The maximum atomic E-state index is 3.90. The Morgan fingerprint density at radius 2 is 1.48 bits per heavy atom. The van der Waals surface area contributed by atoms with Gasteiger partial charge in [-0.15, -0.1) is 0 Å². The highest BCUT2D eigenvalue weighted by atomic mass is 79.9. The van der Waals surface area contributed by atoms with Gasteiger partial charge in [-0.1, -0.05) is 51.0 Å². The summed E-state index contributed by atoms with van der Waals surface area (Å²) >= 11 is 7.78. The van der Waals surface area contributed by atoms with E-state index in [2.05, 4.69) is 76.4 Å². The summed E-state index contributed by atoms with van der Waals surface area (Å²) in [6.07, 6.45) is 9.70. The van der Waals surface area contributed by atoms with Crippen LogP contribution >= 0.6 is 31.9 Å². The molecule has 2 aromatic rings. The first-order chi connectivity index (χ1) is 11.2. The normalized spacial score (nSPS) is 12.3. The van der Waals surface area contributed by atoms with Crippen molar-refractivity contribution in [2.24, 2.45) is 0 Å². The number of halogens is 2. The molecule has 0 aromatic heterocycles. The average Bonchev–Trinajstić information content (AvgIpc) is 2.95. The minimum atomic E-state index is 1.16. The first kappa shape index (κ1) is 17.2. The van der Waals surface area contributed by atoms with Crippen molar-refractivity contribution in [2.75, 3.05) is 0 Å². The molecule has 1 aliphatic carbocycles. The van der Waals surface area contributed by atoms with Gasteiger partial charge in [0.05, 0.1) is 0 Å². The van der Waals surface area contributed by atoms with E-state index in [-0.39, 0.29) is 0 Å². The molecule has 121 valence electrons. The zero-order chi connectivity index (χ0) is 16.4. The van der Waals surface area contributed by atoms with Gasteiger partial charge in [0.2, 0.25) is 0 Å². The molecule has 0 heterocycles. The molecule has 0 saturated carbocycles. The van der Waals surface area contributed by atoms with E-state index in [9.17, 15) is 0 Å². The molecule has 1 radical (unpaired) electrons. The van der Waals surface area contributed by atoms with Crippen LogP contribution in [-0.4, -0.2) is 0 Å². The molecule has 0 unspecified atom stereocenters. The topological polar surface area (TPSA) is 0 Å². The molecular formula is C21H23Br2. The fraction of sp³-hybridized carbons (Fsp3) is 0.381. The van der Waals surface area contributed by atoms with Gasteiger partial charge in [-0.3, -0.25) is 0 Å². The second-order valence-electron chi connectivity index (χ2n) is 6.31. The van der Waals surface area contributed by atoms with Gasteiger partial charge in [0.25, 0.3) is 0 Å². The molecule has 0 aliphatic heterocycles. The van der Waals surface area contributed by atoms with Gasteiger partial charge in [0.1, 0.15) is 0 Å². The van der Waals surface area contributed by atoms with E-state index in [1.54, 1.807) is 5.56 Å². The first-order valence-electron chi connectivity index (χ1n) is 8.65. The summed E-state index contributed by atoms with van der Waals surface area (Å²) in [5, 5.41) is 0. The Bertz CT molecular complexity index is 716. The SMILES string of the molecule is CCCCc1c(Br)c(Br)c2c(c1CCCC)[CH]c1ccccc1-2. The van der Waals surface area contributed by atoms with E-state index in [1.165, 1.54) is 68.9 Å². The van der Waals surface area contributed by atoms with Crippen molar-refractivity contribution in [3.05, 3.63) is 61.9 Å². The maximum absolute atomic E-state index is 3.90. The highest BCUT2D eigenvalue weighted by molar-refractivity contribution is 9.13. The fourth-order valence-electron chi connectivity index (χ4n) is 3.49. The van der Waals surface area contributed by atoms with Crippen LogP contribution in [0.25, 0.3) is 11.1 Å². The molecule has 0 N–H and O–H groups in total. The minimum Gasteiger partial charge on any atom is -0.0654 e. The largest absolute Gasteiger partial charge is 0.0654 e. The van der Waals surface area contributed by atoms with Crippen LogP contribution < -0.4 is 0 Å². The Labute approximate surface area is 157 Å². The Kier molecular flexibility index (Phi) is 5.64. The lowest BCUT2D eigenvalue weighted by Crippen LogP contribution is -2.03. The summed E-state index contributed by atoms with van der Waals surface area (Å²) in [5.41, 5.74) is 8.59. The number of benzene rings is 2. The quantitative estimate of drug-likeness (QED) is 0.377. The second-order valence-corrected chi connectivity index (χ2v) is 7.90. The summed E-state index contributed by atoms with van der Waals surface area (Å²) in [6.45, 7) is 4.54. The van der Waals surface area contributed by atoms with Crippen LogP contribution in [0.15, 0.2) is 33.2 Å². The lowest BCUT2D eigenvalue weighted by atomic mass is 9.90. The summed E-state index contributed by atoms with van der Waals surface area (Å²) in [4.78, 5) is 0. The summed E-state index contributed by atoms with van der Waals surface area (Å²) in [6, 6.07) is 8.74. The van der Waals surface area contributed by atoms with E-state index in [0.29, 0.717) is 0 Å². The van der Waals surface area contributed by atoms with Crippen LogP contribution in [0.5, 0.6) is 0 Å². The average molecular weight is 435 g/mol. The minimum absolute atomic E-state index is 1.16. The van der Waals surface area contributed by atoms with Gasteiger partial charge in [-0.2, -0.15) is 0 Å². The van der Waals surface area contributed by atoms with Crippen molar-refractivity contribution in [2.45, 2.75) is 52.4 Å². The molecule has 2 heteroatoms. The van der Waals surface area contributed by atoms with Crippen LogP contribution in [0.2, 0.25) is 0 Å². The van der Waals surface area contributed by atoms with Gasteiger partial charge < -0.3 is 0 Å². The number of hydrogen-bond donors (Lipinski definition) is 0. The van der Waals surface area contributed by atoms with Crippen molar-refractivity contribution in [3.63, 3.8) is 0 Å². The third kappa shape index (κ3) is 3.17. The van der Waals surface area contributed by atoms with Crippen molar-refractivity contribution in [3.8, 4) is 11.1 Å². The molecule has 0 saturated heterocycles. The predicted octanol–water partition coefficient (Wildman–Crippen LogP) is 7.48. The van der Waals surface area contributed by atoms with E-state index in [0.717, 1.165) is 6.42 Å². The van der Waals surface area contributed by atoms with Crippen LogP contribution in [-0.2, 0) is 12.8 Å². The molecule has 3 rings (SSSR count). The van der Waals surface area contributed by atoms with Crippen molar-refractivity contribution < 1.29 is 0 Å².